The molecule has 29 heavy (non-hydrogen) atoms. The van der Waals surface area contributed by atoms with Crippen molar-refractivity contribution in [2.45, 2.75) is 38.6 Å². The molecule has 0 aliphatic rings. The fraction of sp³-hybridized carbons (Fsp3) is 0.318. The van der Waals surface area contributed by atoms with E-state index in [1.54, 1.807) is 6.92 Å². The fourth-order valence-corrected chi connectivity index (χ4v) is 3.09. The number of carboxylic acids is 1. The van der Waals surface area contributed by atoms with Gasteiger partial charge in [-0.1, -0.05) is 48.0 Å². The number of hydrogen-bond acceptors (Lipinski definition) is 4. The largest absolute Gasteiger partial charge is 0.481 e. The zero-order valence-electron chi connectivity index (χ0n) is 16.2. The fourth-order valence-electron chi connectivity index (χ4n) is 2.90. The van der Waals surface area contributed by atoms with Gasteiger partial charge in [-0.05, 0) is 42.2 Å². The van der Waals surface area contributed by atoms with Crippen molar-refractivity contribution in [3.63, 3.8) is 0 Å². The summed E-state index contributed by atoms with van der Waals surface area (Å²) in [6.45, 7) is 1.97. The van der Waals surface area contributed by atoms with Crippen molar-refractivity contribution in [3.05, 3.63) is 59.1 Å². The summed E-state index contributed by atoms with van der Waals surface area (Å²) in [5, 5.41) is 12.1. The molecule has 2 N–H and O–H groups in total. The van der Waals surface area contributed by atoms with Crippen molar-refractivity contribution in [1.82, 2.24) is 5.32 Å². The van der Waals surface area contributed by atoms with E-state index in [0.29, 0.717) is 11.4 Å². The van der Waals surface area contributed by atoms with Gasteiger partial charge in [0.2, 0.25) is 5.91 Å². The first-order valence-corrected chi connectivity index (χ1v) is 9.76. The summed E-state index contributed by atoms with van der Waals surface area (Å²) in [7, 11) is 0. The van der Waals surface area contributed by atoms with Gasteiger partial charge in [0.1, 0.15) is 0 Å². The van der Waals surface area contributed by atoms with Crippen LogP contribution in [0, 0.1) is 0 Å². The van der Waals surface area contributed by atoms with Crippen LogP contribution in [-0.4, -0.2) is 35.6 Å². The molecular formula is C22H24ClNO5. The maximum Gasteiger partial charge on any atom is 0.307 e. The number of rotatable bonds is 10. The van der Waals surface area contributed by atoms with E-state index in [-0.39, 0.29) is 25.9 Å². The Morgan fingerprint density at radius 2 is 1.79 bits per heavy atom. The Kier molecular flexibility index (Phi) is 8.68. The smallest absolute Gasteiger partial charge is 0.307 e. The molecule has 0 spiro atoms. The molecule has 0 radical (unpaired) electrons. The first-order chi connectivity index (χ1) is 13.9. The van der Waals surface area contributed by atoms with Crippen LogP contribution in [0.5, 0.6) is 0 Å². The van der Waals surface area contributed by atoms with Gasteiger partial charge in [-0.25, -0.2) is 0 Å². The third-order valence-electron chi connectivity index (χ3n) is 4.24. The van der Waals surface area contributed by atoms with Gasteiger partial charge in [0.05, 0.1) is 19.4 Å². The minimum absolute atomic E-state index is 0.0166. The van der Waals surface area contributed by atoms with Crippen LogP contribution in [0.3, 0.4) is 0 Å². The Balaban J connectivity index is 2.07. The molecule has 0 saturated carbocycles. The van der Waals surface area contributed by atoms with Gasteiger partial charge < -0.3 is 15.2 Å². The van der Waals surface area contributed by atoms with Crippen molar-refractivity contribution in [3.8, 4) is 11.1 Å². The minimum atomic E-state index is -1.04. The molecule has 1 amide bonds. The number of esters is 1. The van der Waals surface area contributed by atoms with Crippen LogP contribution < -0.4 is 5.32 Å². The van der Waals surface area contributed by atoms with Crippen LogP contribution in [0.25, 0.3) is 11.1 Å². The first-order valence-electron chi connectivity index (χ1n) is 9.39. The molecule has 0 aromatic heterocycles. The molecule has 2 aromatic carbocycles. The number of carbonyl (C=O) groups is 3. The Morgan fingerprint density at radius 3 is 2.41 bits per heavy atom. The topological polar surface area (TPSA) is 92.7 Å². The second-order valence-electron chi connectivity index (χ2n) is 6.58. The van der Waals surface area contributed by atoms with Crippen LogP contribution in [-0.2, 0) is 25.5 Å². The second-order valence-corrected chi connectivity index (χ2v) is 7.02. The number of carboxylic acid groups (broad SMARTS) is 1. The summed E-state index contributed by atoms with van der Waals surface area (Å²) >= 11 is 6.04. The van der Waals surface area contributed by atoms with Gasteiger partial charge in [0.25, 0.3) is 0 Å². The van der Waals surface area contributed by atoms with Crippen LogP contribution in [0.1, 0.15) is 31.7 Å². The average molecular weight is 418 g/mol. The zero-order valence-corrected chi connectivity index (χ0v) is 16.9. The van der Waals surface area contributed by atoms with Gasteiger partial charge in [-0.15, -0.1) is 0 Å². The van der Waals surface area contributed by atoms with Gasteiger partial charge >= 0.3 is 11.9 Å². The number of halogens is 1. The highest BCUT2D eigenvalue weighted by molar-refractivity contribution is 6.30. The predicted octanol–water partition coefficient (Wildman–Crippen LogP) is 3.85. The molecular weight excluding hydrogens is 394 g/mol. The van der Waals surface area contributed by atoms with E-state index < -0.39 is 23.9 Å². The van der Waals surface area contributed by atoms with Crippen molar-refractivity contribution < 1.29 is 24.2 Å². The molecule has 0 bridgehead atoms. The zero-order chi connectivity index (χ0) is 21.2. The van der Waals surface area contributed by atoms with Gasteiger partial charge in [-0.3, -0.25) is 14.4 Å². The Hall–Kier alpha value is -2.86. The monoisotopic (exact) mass is 417 g/mol. The van der Waals surface area contributed by atoms with Crippen LogP contribution >= 0.6 is 11.6 Å². The lowest BCUT2D eigenvalue weighted by molar-refractivity contribution is -0.144. The highest BCUT2D eigenvalue weighted by atomic mass is 35.5. The maximum absolute atomic E-state index is 12.0. The summed E-state index contributed by atoms with van der Waals surface area (Å²) in [4.78, 5) is 34.6. The minimum Gasteiger partial charge on any atom is -0.481 e. The third kappa shape index (κ3) is 7.95. The van der Waals surface area contributed by atoms with Crippen molar-refractivity contribution >= 4 is 29.4 Å². The lowest BCUT2D eigenvalue weighted by Gasteiger charge is -2.18. The SMILES string of the molecule is CCOC(=O)CC(Cc1ccc(-c2cccc(Cl)c2)cc1)NC(=O)CCC(=O)O. The summed E-state index contributed by atoms with van der Waals surface area (Å²) in [5.74, 6) is -1.86. The quantitative estimate of drug-likeness (QED) is 0.573. The van der Waals surface area contributed by atoms with Crippen LogP contribution in [0.2, 0.25) is 5.02 Å². The molecule has 0 aliphatic heterocycles. The number of nitrogens with one attached hydrogen (secondary N) is 1. The number of hydrogen-bond donors (Lipinski definition) is 2. The lowest BCUT2D eigenvalue weighted by Crippen LogP contribution is -2.38. The number of aliphatic carboxylic acids is 1. The van der Waals surface area contributed by atoms with Crippen molar-refractivity contribution in [2.24, 2.45) is 0 Å². The van der Waals surface area contributed by atoms with Gasteiger partial charge in [-0.2, -0.15) is 0 Å². The molecule has 154 valence electrons. The summed E-state index contributed by atoms with van der Waals surface area (Å²) < 4.78 is 4.98. The molecule has 0 saturated heterocycles. The molecule has 1 unspecified atom stereocenters. The molecule has 0 aliphatic carbocycles. The van der Waals surface area contributed by atoms with Crippen LogP contribution in [0.15, 0.2) is 48.5 Å². The first kappa shape index (κ1) is 22.4. The van der Waals surface area contributed by atoms with E-state index in [4.69, 9.17) is 21.4 Å². The van der Waals surface area contributed by atoms with Gasteiger partial charge in [0, 0.05) is 17.5 Å². The molecule has 2 aromatic rings. The van der Waals surface area contributed by atoms with E-state index in [2.05, 4.69) is 5.32 Å². The molecule has 2 rings (SSSR count). The number of carbonyl (C=O) groups excluding carboxylic acids is 2. The molecule has 0 heterocycles. The number of ether oxygens (including phenoxy) is 1. The lowest BCUT2D eigenvalue weighted by atomic mass is 9.99. The molecule has 0 fully saturated rings. The highest BCUT2D eigenvalue weighted by Crippen LogP contribution is 2.23. The van der Waals surface area contributed by atoms with E-state index in [9.17, 15) is 14.4 Å². The summed E-state index contributed by atoms with van der Waals surface area (Å²) in [6, 6.07) is 14.8. The van der Waals surface area contributed by atoms with E-state index >= 15 is 0 Å². The molecule has 1 atom stereocenters. The summed E-state index contributed by atoms with van der Waals surface area (Å²) in [6.07, 6.45) is 0.0464. The Labute approximate surface area is 174 Å². The second kappa shape index (κ2) is 11.2. The van der Waals surface area contributed by atoms with Gasteiger partial charge in [0.15, 0.2) is 0 Å². The molecule has 7 heteroatoms. The van der Waals surface area contributed by atoms with Crippen molar-refractivity contribution in [1.29, 1.82) is 0 Å². The number of benzene rings is 2. The van der Waals surface area contributed by atoms with Crippen LogP contribution in [0.4, 0.5) is 0 Å². The average Bonchev–Trinajstić information content (AvgIpc) is 2.67. The molecule has 6 nitrogen and oxygen atoms in total. The van der Waals surface area contributed by atoms with Crippen molar-refractivity contribution in [2.75, 3.05) is 6.61 Å². The maximum atomic E-state index is 12.0. The Bertz CT molecular complexity index is 851. The number of amides is 1. The highest BCUT2D eigenvalue weighted by Gasteiger charge is 2.18. The van der Waals surface area contributed by atoms with E-state index in [1.807, 2.05) is 48.5 Å². The standard InChI is InChI=1S/C22H24ClNO5/c1-2-29-22(28)14-19(24-20(25)10-11-21(26)27)12-15-6-8-16(9-7-15)17-4-3-5-18(23)13-17/h3-9,13,19H,2,10-12,14H2,1H3,(H,24,25)(H,26,27). The Morgan fingerprint density at radius 1 is 1.07 bits per heavy atom. The summed E-state index contributed by atoms with van der Waals surface area (Å²) in [5.41, 5.74) is 2.93. The van der Waals surface area contributed by atoms with E-state index in [1.165, 1.54) is 0 Å². The van der Waals surface area contributed by atoms with E-state index in [0.717, 1.165) is 16.7 Å². The third-order valence-corrected chi connectivity index (χ3v) is 4.48. The predicted molar refractivity (Wildman–Crippen MR) is 111 cm³/mol. The normalized spacial score (nSPS) is 11.5.